The van der Waals surface area contributed by atoms with Gasteiger partial charge in [0.25, 0.3) is 0 Å². The lowest BCUT2D eigenvalue weighted by Crippen LogP contribution is -2.07. The van der Waals surface area contributed by atoms with Crippen LogP contribution in [-0.4, -0.2) is 25.2 Å². The number of esters is 2. The van der Waals surface area contributed by atoms with Gasteiger partial charge in [-0.15, -0.1) is 5.73 Å². The van der Waals surface area contributed by atoms with E-state index in [4.69, 9.17) is 9.47 Å². The monoisotopic (exact) mass is 274 g/mol. The topological polar surface area (TPSA) is 52.6 Å². The van der Waals surface area contributed by atoms with Gasteiger partial charge in [0.15, 0.2) is 0 Å². The van der Waals surface area contributed by atoms with Gasteiger partial charge in [-0.05, 0) is 44.5 Å². The molecule has 4 heteroatoms. The van der Waals surface area contributed by atoms with Gasteiger partial charge in [-0.2, -0.15) is 0 Å². The fraction of sp³-hybridized carbons (Fsp3) is 0.312. The Labute approximate surface area is 118 Å². The van der Waals surface area contributed by atoms with E-state index in [1.807, 2.05) is 0 Å². The average Bonchev–Trinajstić information content (AvgIpc) is 2.45. The molecule has 0 unspecified atom stereocenters. The van der Waals surface area contributed by atoms with Crippen molar-refractivity contribution in [3.05, 3.63) is 47.2 Å². The summed E-state index contributed by atoms with van der Waals surface area (Å²) >= 11 is 0. The van der Waals surface area contributed by atoms with Crippen molar-refractivity contribution >= 4 is 17.5 Å². The normalized spacial score (nSPS) is 9.35. The third kappa shape index (κ3) is 4.11. The van der Waals surface area contributed by atoms with Crippen LogP contribution < -0.4 is 0 Å². The maximum absolute atomic E-state index is 11.8. The highest BCUT2D eigenvalue weighted by molar-refractivity contribution is 6.16. The molecular weight excluding hydrogens is 256 g/mol. The summed E-state index contributed by atoms with van der Waals surface area (Å²) in [7, 11) is 0. The molecule has 20 heavy (non-hydrogen) atoms. The number of rotatable bonds is 5. The van der Waals surface area contributed by atoms with Crippen LogP contribution in [0.25, 0.3) is 5.57 Å². The van der Waals surface area contributed by atoms with E-state index >= 15 is 0 Å². The lowest BCUT2D eigenvalue weighted by molar-refractivity contribution is -0.136. The molecule has 0 saturated carbocycles. The third-order valence-electron chi connectivity index (χ3n) is 2.45. The number of benzene rings is 1. The fourth-order valence-electron chi connectivity index (χ4n) is 1.60. The summed E-state index contributed by atoms with van der Waals surface area (Å²) < 4.78 is 9.88. The van der Waals surface area contributed by atoms with E-state index in [1.54, 1.807) is 51.1 Å². The van der Waals surface area contributed by atoms with E-state index in [-0.39, 0.29) is 5.97 Å². The minimum Gasteiger partial charge on any atom is -0.462 e. The second-order valence-electron chi connectivity index (χ2n) is 3.83. The largest absolute Gasteiger partial charge is 0.462 e. The highest BCUT2D eigenvalue weighted by Crippen LogP contribution is 2.16. The summed E-state index contributed by atoms with van der Waals surface area (Å²) in [6.45, 7) is 5.89. The SMILES string of the molecule is CC=C=C(C(=O)OCC)c1ccc(C(=O)OCC)cc1. The third-order valence-corrected chi connectivity index (χ3v) is 2.45. The Hall–Kier alpha value is -2.32. The van der Waals surface area contributed by atoms with Gasteiger partial charge < -0.3 is 9.47 Å². The first-order valence-corrected chi connectivity index (χ1v) is 6.50. The van der Waals surface area contributed by atoms with Gasteiger partial charge in [-0.3, -0.25) is 0 Å². The Balaban J connectivity index is 3.04. The second-order valence-corrected chi connectivity index (χ2v) is 3.83. The van der Waals surface area contributed by atoms with Crippen molar-refractivity contribution in [1.29, 1.82) is 0 Å². The number of hydrogen-bond acceptors (Lipinski definition) is 4. The van der Waals surface area contributed by atoms with Crippen molar-refractivity contribution in [1.82, 2.24) is 0 Å². The molecule has 0 amide bonds. The van der Waals surface area contributed by atoms with E-state index < -0.39 is 5.97 Å². The number of hydrogen-bond donors (Lipinski definition) is 0. The molecule has 0 saturated heterocycles. The molecule has 0 spiro atoms. The van der Waals surface area contributed by atoms with Crippen LogP contribution in [0.4, 0.5) is 0 Å². The Morgan fingerprint density at radius 3 is 2.10 bits per heavy atom. The van der Waals surface area contributed by atoms with Crippen LogP contribution in [-0.2, 0) is 14.3 Å². The maximum Gasteiger partial charge on any atom is 0.346 e. The summed E-state index contributed by atoms with van der Waals surface area (Å²) in [5.74, 6) is -0.818. The van der Waals surface area contributed by atoms with E-state index in [2.05, 4.69) is 5.73 Å². The van der Waals surface area contributed by atoms with Gasteiger partial charge >= 0.3 is 11.9 Å². The first-order chi connectivity index (χ1) is 9.63. The molecule has 0 fully saturated rings. The smallest absolute Gasteiger partial charge is 0.346 e. The zero-order valence-corrected chi connectivity index (χ0v) is 11.9. The Kier molecular flexibility index (Phi) is 6.27. The predicted octanol–water partition coefficient (Wildman–Crippen LogP) is 2.98. The molecule has 0 atom stereocenters. The van der Waals surface area contributed by atoms with Crippen molar-refractivity contribution in [2.24, 2.45) is 0 Å². The van der Waals surface area contributed by atoms with Crippen LogP contribution in [0.1, 0.15) is 36.7 Å². The summed E-state index contributed by atoms with van der Waals surface area (Å²) in [5, 5.41) is 0. The highest BCUT2D eigenvalue weighted by atomic mass is 16.5. The molecule has 0 radical (unpaired) electrons. The summed E-state index contributed by atoms with van der Waals surface area (Å²) in [6, 6.07) is 6.58. The van der Waals surface area contributed by atoms with Crippen molar-refractivity contribution in [3.63, 3.8) is 0 Å². The van der Waals surface area contributed by atoms with Gasteiger partial charge in [0.2, 0.25) is 0 Å². The molecule has 0 aliphatic carbocycles. The first-order valence-electron chi connectivity index (χ1n) is 6.50. The quantitative estimate of drug-likeness (QED) is 0.470. The van der Waals surface area contributed by atoms with Crippen molar-refractivity contribution < 1.29 is 19.1 Å². The average molecular weight is 274 g/mol. The number of ether oxygens (including phenoxy) is 2. The molecule has 0 heterocycles. The Morgan fingerprint density at radius 2 is 1.60 bits per heavy atom. The molecule has 106 valence electrons. The zero-order valence-electron chi connectivity index (χ0n) is 11.9. The Morgan fingerprint density at radius 1 is 1.05 bits per heavy atom. The van der Waals surface area contributed by atoms with E-state index in [0.29, 0.717) is 29.9 Å². The second kappa shape index (κ2) is 7.97. The maximum atomic E-state index is 11.8. The molecule has 0 N–H and O–H groups in total. The standard InChI is InChI=1S/C16H18O4/c1-4-7-14(16(18)20-6-3)12-8-10-13(11-9-12)15(17)19-5-2/h4,8-11H,5-6H2,1-3H3. The Bertz CT molecular complexity index is 534. The molecule has 1 aromatic carbocycles. The fourth-order valence-corrected chi connectivity index (χ4v) is 1.60. The van der Waals surface area contributed by atoms with Gasteiger partial charge in [0.1, 0.15) is 5.57 Å². The molecular formula is C16H18O4. The molecule has 4 nitrogen and oxygen atoms in total. The van der Waals surface area contributed by atoms with Crippen LogP contribution >= 0.6 is 0 Å². The molecule has 0 aliphatic heterocycles. The highest BCUT2D eigenvalue weighted by Gasteiger charge is 2.13. The van der Waals surface area contributed by atoms with Crippen LogP contribution in [0.15, 0.2) is 36.1 Å². The first kappa shape index (κ1) is 15.7. The van der Waals surface area contributed by atoms with Gasteiger partial charge in [-0.25, -0.2) is 9.59 Å². The summed E-state index contributed by atoms with van der Waals surface area (Å²) in [4.78, 5) is 23.4. The van der Waals surface area contributed by atoms with Crippen LogP contribution in [0.2, 0.25) is 0 Å². The minimum atomic E-state index is -0.436. The molecule has 0 bridgehead atoms. The van der Waals surface area contributed by atoms with Gasteiger partial charge in [0.05, 0.1) is 18.8 Å². The molecule has 0 aliphatic rings. The molecule has 0 aromatic heterocycles. The van der Waals surface area contributed by atoms with Crippen LogP contribution in [0.3, 0.4) is 0 Å². The van der Waals surface area contributed by atoms with Crippen molar-refractivity contribution in [2.75, 3.05) is 13.2 Å². The predicted molar refractivity (Wildman–Crippen MR) is 76.2 cm³/mol. The van der Waals surface area contributed by atoms with E-state index in [0.717, 1.165) is 0 Å². The summed E-state index contributed by atoms with van der Waals surface area (Å²) in [6.07, 6.45) is 1.64. The summed E-state index contributed by atoms with van der Waals surface area (Å²) in [5.41, 5.74) is 4.29. The number of carbonyl (C=O) groups excluding carboxylic acids is 2. The minimum absolute atomic E-state index is 0.300. The molecule has 1 aromatic rings. The molecule has 1 rings (SSSR count). The number of carbonyl (C=O) groups is 2. The van der Waals surface area contributed by atoms with E-state index in [1.165, 1.54) is 0 Å². The van der Waals surface area contributed by atoms with E-state index in [9.17, 15) is 9.59 Å². The van der Waals surface area contributed by atoms with Crippen LogP contribution in [0.5, 0.6) is 0 Å². The van der Waals surface area contributed by atoms with Crippen molar-refractivity contribution in [3.8, 4) is 0 Å². The van der Waals surface area contributed by atoms with Gasteiger partial charge in [-0.1, -0.05) is 12.1 Å². The lowest BCUT2D eigenvalue weighted by Gasteiger charge is -2.06. The zero-order chi connectivity index (χ0) is 15.0. The van der Waals surface area contributed by atoms with Gasteiger partial charge in [0, 0.05) is 0 Å². The van der Waals surface area contributed by atoms with Crippen LogP contribution in [0, 0.1) is 0 Å². The lowest BCUT2D eigenvalue weighted by atomic mass is 10.0. The van der Waals surface area contributed by atoms with Crippen molar-refractivity contribution in [2.45, 2.75) is 20.8 Å².